The molecule has 0 spiro atoms. The van der Waals surface area contributed by atoms with Crippen molar-refractivity contribution < 1.29 is 18.7 Å². The maximum atomic E-state index is 13.9. The largest absolute Gasteiger partial charge is 0.494 e. The third-order valence-electron chi connectivity index (χ3n) is 5.67. The molecule has 156 valence electrons. The van der Waals surface area contributed by atoms with E-state index >= 15 is 0 Å². The number of halogens is 1. The van der Waals surface area contributed by atoms with Gasteiger partial charge in [-0.1, -0.05) is 6.07 Å². The number of hydrogen-bond acceptors (Lipinski definition) is 5. The van der Waals surface area contributed by atoms with Gasteiger partial charge in [-0.15, -0.1) is 0 Å². The molecule has 28 heavy (non-hydrogen) atoms. The SMILES string of the molecule is COc1ccc(CN2CCN(C(C)C(=O)N3CC(C)OC(C)C3)CC2)cc1F. The van der Waals surface area contributed by atoms with E-state index in [4.69, 9.17) is 9.47 Å². The fourth-order valence-corrected chi connectivity index (χ4v) is 4.15. The minimum absolute atomic E-state index is 0.0849. The Labute approximate surface area is 167 Å². The van der Waals surface area contributed by atoms with Gasteiger partial charge in [-0.3, -0.25) is 14.6 Å². The van der Waals surface area contributed by atoms with Crippen LogP contribution in [0.15, 0.2) is 18.2 Å². The number of benzene rings is 1. The summed E-state index contributed by atoms with van der Waals surface area (Å²) in [5, 5.41) is 0. The molecule has 2 aliphatic heterocycles. The van der Waals surface area contributed by atoms with Crippen LogP contribution in [0.4, 0.5) is 4.39 Å². The molecule has 0 radical (unpaired) electrons. The lowest BCUT2D eigenvalue weighted by Gasteiger charge is -2.41. The van der Waals surface area contributed by atoms with Crippen LogP contribution in [-0.4, -0.2) is 85.2 Å². The Morgan fingerprint density at radius 3 is 2.43 bits per heavy atom. The molecule has 0 aromatic heterocycles. The lowest BCUT2D eigenvalue weighted by Crippen LogP contribution is -2.57. The van der Waals surface area contributed by atoms with Gasteiger partial charge in [0.2, 0.25) is 5.91 Å². The van der Waals surface area contributed by atoms with E-state index in [0.29, 0.717) is 19.6 Å². The van der Waals surface area contributed by atoms with Crippen molar-refractivity contribution >= 4 is 5.91 Å². The number of piperazine rings is 1. The number of methoxy groups -OCH3 is 1. The summed E-state index contributed by atoms with van der Waals surface area (Å²) in [6, 6.07) is 4.99. The molecular formula is C21H32FN3O3. The lowest BCUT2D eigenvalue weighted by molar-refractivity contribution is -0.148. The first-order valence-electron chi connectivity index (χ1n) is 10.1. The number of hydrogen-bond donors (Lipinski definition) is 0. The molecule has 2 fully saturated rings. The second-order valence-corrected chi connectivity index (χ2v) is 7.96. The summed E-state index contributed by atoms with van der Waals surface area (Å²) < 4.78 is 24.6. The summed E-state index contributed by atoms with van der Waals surface area (Å²) in [5.41, 5.74) is 0.937. The monoisotopic (exact) mass is 393 g/mol. The van der Waals surface area contributed by atoms with Gasteiger partial charge in [-0.2, -0.15) is 0 Å². The van der Waals surface area contributed by atoms with Gasteiger partial charge in [0.05, 0.1) is 25.4 Å². The minimum atomic E-state index is -0.327. The summed E-state index contributed by atoms with van der Waals surface area (Å²) in [6.45, 7) is 11.5. The average Bonchev–Trinajstić information content (AvgIpc) is 2.67. The zero-order valence-electron chi connectivity index (χ0n) is 17.4. The van der Waals surface area contributed by atoms with E-state index in [1.165, 1.54) is 13.2 Å². The third-order valence-corrected chi connectivity index (χ3v) is 5.67. The van der Waals surface area contributed by atoms with Crippen LogP contribution in [0.3, 0.4) is 0 Å². The Balaban J connectivity index is 1.50. The van der Waals surface area contributed by atoms with Crippen LogP contribution >= 0.6 is 0 Å². The number of ether oxygens (including phenoxy) is 2. The van der Waals surface area contributed by atoms with Crippen LogP contribution in [0.1, 0.15) is 26.3 Å². The Hall–Kier alpha value is -1.70. The maximum Gasteiger partial charge on any atom is 0.239 e. The van der Waals surface area contributed by atoms with Gasteiger partial charge in [-0.25, -0.2) is 4.39 Å². The van der Waals surface area contributed by atoms with Crippen molar-refractivity contribution in [2.24, 2.45) is 0 Å². The molecule has 3 rings (SSSR count). The Bertz CT molecular complexity index is 669. The first-order chi connectivity index (χ1) is 13.4. The molecule has 7 heteroatoms. The van der Waals surface area contributed by atoms with Crippen LogP contribution in [0.2, 0.25) is 0 Å². The summed E-state index contributed by atoms with van der Waals surface area (Å²) >= 11 is 0. The standard InChI is InChI=1S/C21H32FN3O3/c1-15-12-25(13-16(2)28-15)21(26)17(3)24-9-7-23(8-10-24)14-18-5-6-20(27-4)19(22)11-18/h5-6,11,15-17H,7-10,12-14H2,1-4H3. The van der Waals surface area contributed by atoms with Gasteiger partial charge < -0.3 is 14.4 Å². The van der Waals surface area contributed by atoms with Crippen molar-refractivity contribution in [3.8, 4) is 5.75 Å². The van der Waals surface area contributed by atoms with E-state index in [1.807, 2.05) is 31.7 Å². The van der Waals surface area contributed by atoms with E-state index in [1.54, 1.807) is 6.07 Å². The topological polar surface area (TPSA) is 45.2 Å². The molecule has 0 saturated carbocycles. The van der Waals surface area contributed by atoms with E-state index in [-0.39, 0.29) is 35.7 Å². The molecule has 1 amide bonds. The molecule has 2 aliphatic rings. The van der Waals surface area contributed by atoms with Crippen molar-refractivity contribution in [2.75, 3.05) is 46.4 Å². The summed E-state index contributed by atoms with van der Waals surface area (Å²) in [5.74, 6) is 0.132. The fourth-order valence-electron chi connectivity index (χ4n) is 4.15. The Morgan fingerprint density at radius 2 is 1.86 bits per heavy atom. The minimum Gasteiger partial charge on any atom is -0.494 e. The van der Waals surface area contributed by atoms with Crippen molar-refractivity contribution in [3.05, 3.63) is 29.6 Å². The lowest BCUT2D eigenvalue weighted by atomic mass is 10.1. The van der Waals surface area contributed by atoms with Gasteiger partial charge in [0, 0.05) is 45.8 Å². The van der Waals surface area contributed by atoms with Crippen LogP contribution < -0.4 is 4.74 Å². The first kappa shape index (κ1) is 21.0. The molecule has 0 N–H and O–H groups in total. The second kappa shape index (κ2) is 9.20. The summed E-state index contributed by atoms with van der Waals surface area (Å²) in [7, 11) is 1.47. The average molecular weight is 394 g/mol. The van der Waals surface area contributed by atoms with E-state index in [9.17, 15) is 9.18 Å². The molecule has 0 aliphatic carbocycles. The highest BCUT2D eigenvalue weighted by Gasteiger charge is 2.32. The van der Waals surface area contributed by atoms with Crippen LogP contribution in [0.5, 0.6) is 5.75 Å². The van der Waals surface area contributed by atoms with Crippen LogP contribution in [-0.2, 0) is 16.1 Å². The highest BCUT2D eigenvalue weighted by atomic mass is 19.1. The number of morpholine rings is 1. The zero-order valence-corrected chi connectivity index (χ0v) is 17.4. The molecule has 3 unspecified atom stereocenters. The van der Waals surface area contributed by atoms with Crippen molar-refractivity contribution in [1.82, 2.24) is 14.7 Å². The predicted octanol–water partition coefficient (Wildman–Crippen LogP) is 1.98. The van der Waals surface area contributed by atoms with Gasteiger partial charge in [0.25, 0.3) is 0 Å². The quantitative estimate of drug-likeness (QED) is 0.766. The Morgan fingerprint density at radius 1 is 1.21 bits per heavy atom. The predicted molar refractivity (Wildman–Crippen MR) is 106 cm³/mol. The van der Waals surface area contributed by atoms with Crippen LogP contribution in [0.25, 0.3) is 0 Å². The molecule has 2 saturated heterocycles. The van der Waals surface area contributed by atoms with Gasteiger partial charge >= 0.3 is 0 Å². The number of carbonyl (C=O) groups excluding carboxylic acids is 1. The van der Waals surface area contributed by atoms with Gasteiger partial charge in [0.15, 0.2) is 11.6 Å². The molecular weight excluding hydrogens is 361 g/mol. The van der Waals surface area contributed by atoms with E-state index in [0.717, 1.165) is 31.7 Å². The van der Waals surface area contributed by atoms with Gasteiger partial charge in [0.1, 0.15) is 0 Å². The molecule has 2 heterocycles. The number of rotatable bonds is 5. The van der Waals surface area contributed by atoms with E-state index < -0.39 is 0 Å². The normalized spacial score (nSPS) is 25.5. The van der Waals surface area contributed by atoms with E-state index in [2.05, 4.69) is 9.80 Å². The van der Waals surface area contributed by atoms with Gasteiger partial charge in [-0.05, 0) is 38.5 Å². The third kappa shape index (κ3) is 5.01. The summed E-state index contributed by atoms with van der Waals surface area (Å²) in [4.78, 5) is 19.4. The molecule has 3 atom stereocenters. The first-order valence-corrected chi connectivity index (χ1v) is 10.1. The molecule has 0 bridgehead atoms. The highest BCUT2D eigenvalue weighted by Crippen LogP contribution is 2.20. The Kier molecular flexibility index (Phi) is 6.91. The maximum absolute atomic E-state index is 13.9. The molecule has 1 aromatic rings. The molecule has 6 nitrogen and oxygen atoms in total. The highest BCUT2D eigenvalue weighted by molar-refractivity contribution is 5.81. The number of nitrogens with zero attached hydrogens (tertiary/aromatic N) is 3. The second-order valence-electron chi connectivity index (χ2n) is 7.96. The van der Waals surface area contributed by atoms with Crippen LogP contribution in [0, 0.1) is 5.82 Å². The van der Waals surface area contributed by atoms with Crippen molar-refractivity contribution in [2.45, 2.75) is 45.6 Å². The molecule has 1 aromatic carbocycles. The number of carbonyl (C=O) groups is 1. The fraction of sp³-hybridized carbons (Fsp3) is 0.667. The smallest absolute Gasteiger partial charge is 0.239 e. The van der Waals surface area contributed by atoms with Crippen molar-refractivity contribution in [1.29, 1.82) is 0 Å². The number of amides is 1. The zero-order chi connectivity index (χ0) is 20.3. The summed E-state index contributed by atoms with van der Waals surface area (Å²) in [6.07, 6.45) is 0.170. The van der Waals surface area contributed by atoms with Crippen molar-refractivity contribution in [3.63, 3.8) is 0 Å².